The number of rotatable bonds is 7. The van der Waals surface area contributed by atoms with Crippen molar-refractivity contribution in [1.29, 1.82) is 5.26 Å². The maximum atomic E-state index is 11.6. The van der Waals surface area contributed by atoms with E-state index in [2.05, 4.69) is 16.2 Å². The lowest BCUT2D eigenvalue weighted by atomic mass is 10.1. The van der Waals surface area contributed by atoms with Gasteiger partial charge in [-0.3, -0.25) is 9.79 Å². The van der Waals surface area contributed by atoms with Gasteiger partial charge in [0.1, 0.15) is 5.75 Å². The van der Waals surface area contributed by atoms with Crippen LogP contribution in [0.3, 0.4) is 0 Å². The van der Waals surface area contributed by atoms with Gasteiger partial charge in [0.25, 0.3) is 5.91 Å². The van der Waals surface area contributed by atoms with Crippen molar-refractivity contribution in [2.45, 2.75) is 0 Å². The van der Waals surface area contributed by atoms with Crippen LogP contribution in [0.5, 0.6) is 5.75 Å². The Balaban J connectivity index is 2.07. The minimum Gasteiger partial charge on any atom is -0.507 e. The number of amides is 1. The maximum Gasteiger partial charge on any atom is 0.252 e. The molecule has 0 fully saturated rings. The van der Waals surface area contributed by atoms with Gasteiger partial charge in [-0.1, -0.05) is 12.1 Å². The van der Waals surface area contributed by atoms with Crippen LogP contribution in [0.1, 0.15) is 21.5 Å². The first-order valence-corrected chi connectivity index (χ1v) is 9.79. The highest BCUT2D eigenvalue weighted by Crippen LogP contribution is 2.26. The van der Waals surface area contributed by atoms with Crippen molar-refractivity contribution in [3.8, 4) is 23.1 Å². The predicted octanol–water partition coefficient (Wildman–Crippen LogP) is 2.32. The summed E-state index contributed by atoms with van der Waals surface area (Å²) < 4.78 is 6.71. The summed E-state index contributed by atoms with van der Waals surface area (Å²) in [6.07, 6.45) is 1.65. The standard InChI is InChI=1S/C21H19N5O3S/c1-29-9-8-24-21-26(25-12-15-4-2-14(11-22)3-5-15)18(13-30-21)16-6-7-19(27)17(10-16)20(23)28/h2-7,10,12-13,27H,8-9H2,1H3,(H2,23,28)/b24-21?,25-12+. The molecule has 152 valence electrons. The molecule has 2 aromatic carbocycles. The highest BCUT2D eigenvalue weighted by Gasteiger charge is 2.13. The Hall–Kier alpha value is -3.74. The largest absolute Gasteiger partial charge is 0.507 e. The van der Waals surface area contributed by atoms with Crippen LogP contribution in [0.4, 0.5) is 0 Å². The van der Waals surface area contributed by atoms with Crippen LogP contribution in [0, 0.1) is 11.3 Å². The second kappa shape index (κ2) is 9.65. The number of carbonyl (C=O) groups is 1. The molecule has 1 heterocycles. The van der Waals surface area contributed by atoms with Gasteiger partial charge in [0.15, 0.2) is 0 Å². The third-order valence-corrected chi connectivity index (χ3v) is 5.00. The fourth-order valence-electron chi connectivity index (χ4n) is 2.61. The lowest BCUT2D eigenvalue weighted by Crippen LogP contribution is -2.14. The molecule has 9 heteroatoms. The average molecular weight is 421 g/mol. The Kier molecular flexibility index (Phi) is 6.75. The summed E-state index contributed by atoms with van der Waals surface area (Å²) in [6, 6.07) is 13.7. The number of primary amides is 1. The Labute approximate surface area is 176 Å². The quantitative estimate of drug-likeness (QED) is 0.448. The molecular weight excluding hydrogens is 402 g/mol. The van der Waals surface area contributed by atoms with Gasteiger partial charge in [0, 0.05) is 18.1 Å². The van der Waals surface area contributed by atoms with Gasteiger partial charge in [-0.05, 0) is 35.9 Å². The zero-order valence-corrected chi connectivity index (χ0v) is 17.0. The zero-order chi connectivity index (χ0) is 21.5. The van der Waals surface area contributed by atoms with Gasteiger partial charge in [0.05, 0.1) is 42.3 Å². The third kappa shape index (κ3) is 4.81. The van der Waals surface area contributed by atoms with Crippen molar-refractivity contribution in [2.24, 2.45) is 15.8 Å². The summed E-state index contributed by atoms with van der Waals surface area (Å²) in [5.74, 6) is -0.902. The number of aromatic hydroxyl groups is 1. The first-order valence-electron chi connectivity index (χ1n) is 8.91. The second-order valence-electron chi connectivity index (χ2n) is 6.16. The molecule has 0 spiro atoms. The van der Waals surface area contributed by atoms with Crippen molar-refractivity contribution in [3.05, 3.63) is 69.3 Å². The van der Waals surface area contributed by atoms with E-state index in [1.165, 1.54) is 23.5 Å². The third-order valence-electron chi connectivity index (χ3n) is 4.15. The van der Waals surface area contributed by atoms with Gasteiger partial charge in [-0.15, -0.1) is 11.3 Å². The number of nitriles is 1. The Bertz CT molecular complexity index is 1190. The number of benzene rings is 2. The van der Waals surface area contributed by atoms with Gasteiger partial charge in [-0.2, -0.15) is 10.4 Å². The molecular formula is C21H19N5O3S. The smallest absolute Gasteiger partial charge is 0.252 e. The highest BCUT2D eigenvalue weighted by molar-refractivity contribution is 7.07. The SMILES string of the molecule is COCCN=c1scc(-c2ccc(O)c(C(N)=O)c2)n1/N=C/c1ccc(C#N)cc1. The van der Waals surface area contributed by atoms with Crippen molar-refractivity contribution < 1.29 is 14.6 Å². The van der Waals surface area contributed by atoms with Gasteiger partial charge < -0.3 is 15.6 Å². The number of hydrogen-bond acceptors (Lipinski definition) is 7. The van der Waals surface area contributed by atoms with Crippen molar-refractivity contribution in [1.82, 2.24) is 4.68 Å². The highest BCUT2D eigenvalue weighted by atomic mass is 32.1. The number of carbonyl (C=O) groups excluding carboxylic acids is 1. The molecule has 1 amide bonds. The summed E-state index contributed by atoms with van der Waals surface area (Å²) in [4.78, 5) is 16.8. The molecule has 0 aliphatic carbocycles. The number of nitrogens with two attached hydrogens (primary N) is 1. The Morgan fingerprint density at radius 2 is 2.10 bits per heavy atom. The number of phenols is 1. The topological polar surface area (TPSA) is 126 Å². The molecule has 30 heavy (non-hydrogen) atoms. The summed E-state index contributed by atoms with van der Waals surface area (Å²) >= 11 is 1.39. The monoisotopic (exact) mass is 421 g/mol. The summed E-state index contributed by atoms with van der Waals surface area (Å²) in [7, 11) is 1.61. The number of nitrogens with zero attached hydrogens (tertiary/aromatic N) is 4. The van der Waals surface area contributed by atoms with E-state index in [0.29, 0.717) is 34.8 Å². The van der Waals surface area contributed by atoms with Crippen LogP contribution in [0.25, 0.3) is 11.3 Å². The predicted molar refractivity (Wildman–Crippen MR) is 114 cm³/mol. The Morgan fingerprint density at radius 3 is 2.77 bits per heavy atom. The van der Waals surface area contributed by atoms with Crippen molar-refractivity contribution >= 4 is 23.5 Å². The molecule has 0 atom stereocenters. The first-order chi connectivity index (χ1) is 14.5. The minimum atomic E-state index is -0.720. The van der Waals surface area contributed by atoms with E-state index in [1.807, 2.05) is 5.38 Å². The minimum absolute atomic E-state index is 0.0270. The van der Waals surface area contributed by atoms with Crippen LogP contribution < -0.4 is 10.5 Å². The van der Waals surface area contributed by atoms with Gasteiger partial charge in [-0.25, -0.2) is 4.68 Å². The summed E-state index contributed by atoms with van der Waals surface area (Å²) in [5, 5.41) is 25.2. The molecule has 0 saturated heterocycles. The van der Waals surface area contributed by atoms with Gasteiger partial charge >= 0.3 is 0 Å². The summed E-state index contributed by atoms with van der Waals surface area (Å²) in [5.41, 5.74) is 8.10. The molecule has 0 aliphatic rings. The van der Waals surface area contributed by atoms with Crippen LogP contribution in [-0.4, -0.2) is 42.2 Å². The average Bonchev–Trinajstić information content (AvgIpc) is 3.15. The number of aromatic nitrogens is 1. The fraction of sp³-hybridized carbons (Fsp3) is 0.143. The van der Waals surface area contributed by atoms with Crippen LogP contribution in [0.15, 0.2) is 57.9 Å². The molecule has 0 bridgehead atoms. The lowest BCUT2D eigenvalue weighted by molar-refractivity contribution is 0.0998. The number of methoxy groups -OCH3 is 1. The second-order valence-corrected chi connectivity index (χ2v) is 7.00. The van der Waals surface area contributed by atoms with Crippen LogP contribution in [-0.2, 0) is 4.74 Å². The number of ether oxygens (including phenoxy) is 1. The van der Waals surface area contributed by atoms with Crippen LogP contribution in [0.2, 0.25) is 0 Å². The fourth-order valence-corrected chi connectivity index (χ4v) is 3.48. The normalized spacial score (nSPS) is 11.7. The Morgan fingerprint density at radius 1 is 1.33 bits per heavy atom. The maximum absolute atomic E-state index is 11.6. The molecule has 3 aromatic rings. The molecule has 0 radical (unpaired) electrons. The van der Waals surface area contributed by atoms with E-state index in [0.717, 1.165) is 5.56 Å². The summed E-state index contributed by atoms with van der Waals surface area (Å²) in [6.45, 7) is 0.933. The molecule has 3 rings (SSSR count). The lowest BCUT2D eigenvalue weighted by Gasteiger charge is -2.06. The van der Waals surface area contributed by atoms with Crippen molar-refractivity contribution in [2.75, 3.05) is 20.3 Å². The van der Waals surface area contributed by atoms with E-state index in [-0.39, 0.29) is 11.3 Å². The first kappa shape index (κ1) is 21.0. The molecule has 0 unspecified atom stereocenters. The van der Waals surface area contributed by atoms with E-state index >= 15 is 0 Å². The number of thiazole rings is 1. The molecule has 1 aromatic heterocycles. The van der Waals surface area contributed by atoms with Gasteiger partial charge in [0.2, 0.25) is 4.80 Å². The molecule has 3 N–H and O–H groups in total. The van der Waals surface area contributed by atoms with Crippen molar-refractivity contribution in [3.63, 3.8) is 0 Å². The molecule has 0 saturated carbocycles. The zero-order valence-electron chi connectivity index (χ0n) is 16.1. The van der Waals surface area contributed by atoms with E-state index in [4.69, 9.17) is 15.7 Å². The van der Waals surface area contributed by atoms with E-state index in [1.54, 1.807) is 48.3 Å². The van der Waals surface area contributed by atoms with Crippen LogP contribution >= 0.6 is 11.3 Å². The van der Waals surface area contributed by atoms with E-state index < -0.39 is 5.91 Å². The molecule has 8 nitrogen and oxygen atoms in total. The number of hydrogen-bond donors (Lipinski definition) is 2. The van der Waals surface area contributed by atoms with E-state index in [9.17, 15) is 9.90 Å². The molecule has 0 aliphatic heterocycles.